The zero-order valence-corrected chi connectivity index (χ0v) is 8.65. The maximum atomic E-state index is 10.8. The van der Waals surface area contributed by atoms with Gasteiger partial charge in [-0.05, 0) is 23.8 Å². The molecule has 1 aromatic rings. The summed E-state index contributed by atoms with van der Waals surface area (Å²) < 4.78 is 0.698. The van der Waals surface area contributed by atoms with E-state index >= 15 is 0 Å². The lowest BCUT2D eigenvalue weighted by Crippen LogP contribution is -1.99. The minimum atomic E-state index is -1.01. The molecule has 0 saturated heterocycles. The third-order valence-electron chi connectivity index (χ3n) is 1.58. The average molecular weight is 252 g/mol. The minimum absolute atomic E-state index is 0.172. The predicted octanol–water partition coefficient (Wildman–Crippen LogP) is 2.68. The van der Waals surface area contributed by atoms with Crippen molar-refractivity contribution < 1.29 is 9.90 Å². The lowest BCUT2D eigenvalue weighted by Gasteiger charge is -2.00. The molecule has 4 heteroatoms. The van der Waals surface area contributed by atoms with Crippen molar-refractivity contribution in [2.24, 2.45) is 0 Å². The molecule has 0 aromatic heterocycles. The number of halogens is 1. The number of allylic oxidation sites excluding steroid dienone is 1. The second kappa shape index (κ2) is 4.58. The van der Waals surface area contributed by atoms with Crippen molar-refractivity contribution in [2.75, 3.05) is 0 Å². The number of nitriles is 1. The van der Waals surface area contributed by atoms with Crippen LogP contribution < -0.4 is 0 Å². The van der Waals surface area contributed by atoms with Crippen molar-refractivity contribution >= 4 is 28.0 Å². The van der Waals surface area contributed by atoms with Gasteiger partial charge in [-0.1, -0.05) is 22.0 Å². The lowest BCUT2D eigenvalue weighted by molar-refractivity contribution is 0.0696. The molecule has 3 nitrogen and oxygen atoms in total. The SMILES string of the molecule is N#CC=Cc1ccc(Br)cc1C(=O)O. The molecule has 0 aliphatic rings. The second-order valence-corrected chi connectivity index (χ2v) is 3.41. The Bertz CT molecular complexity index is 432. The topological polar surface area (TPSA) is 61.1 Å². The van der Waals surface area contributed by atoms with E-state index in [1.807, 2.05) is 6.07 Å². The van der Waals surface area contributed by atoms with Gasteiger partial charge in [0.1, 0.15) is 0 Å². The number of carbonyl (C=O) groups is 1. The smallest absolute Gasteiger partial charge is 0.336 e. The first-order valence-electron chi connectivity index (χ1n) is 3.74. The van der Waals surface area contributed by atoms with Crippen molar-refractivity contribution in [1.29, 1.82) is 5.26 Å². The van der Waals surface area contributed by atoms with Crippen molar-refractivity contribution in [3.8, 4) is 6.07 Å². The molecule has 0 fully saturated rings. The van der Waals surface area contributed by atoms with E-state index in [0.29, 0.717) is 10.0 Å². The van der Waals surface area contributed by atoms with E-state index in [9.17, 15) is 4.79 Å². The van der Waals surface area contributed by atoms with Gasteiger partial charge in [0.15, 0.2) is 0 Å². The van der Waals surface area contributed by atoms with Gasteiger partial charge < -0.3 is 5.11 Å². The Morgan fingerprint density at radius 2 is 2.29 bits per heavy atom. The van der Waals surface area contributed by atoms with Gasteiger partial charge in [-0.15, -0.1) is 0 Å². The zero-order valence-electron chi connectivity index (χ0n) is 7.07. The van der Waals surface area contributed by atoms with Gasteiger partial charge in [0.2, 0.25) is 0 Å². The molecule has 0 bridgehead atoms. The molecule has 0 heterocycles. The van der Waals surface area contributed by atoms with Crippen LogP contribution in [0.25, 0.3) is 6.08 Å². The van der Waals surface area contributed by atoms with Gasteiger partial charge in [-0.25, -0.2) is 4.79 Å². The van der Waals surface area contributed by atoms with Crippen molar-refractivity contribution in [3.63, 3.8) is 0 Å². The summed E-state index contributed by atoms with van der Waals surface area (Å²) in [6.45, 7) is 0. The molecular weight excluding hydrogens is 246 g/mol. The van der Waals surface area contributed by atoms with E-state index in [1.165, 1.54) is 18.2 Å². The number of benzene rings is 1. The molecule has 0 atom stereocenters. The van der Waals surface area contributed by atoms with Gasteiger partial charge in [-0.3, -0.25) is 0 Å². The van der Waals surface area contributed by atoms with E-state index in [0.717, 1.165) is 0 Å². The van der Waals surface area contributed by atoms with Crippen LogP contribution in [0.3, 0.4) is 0 Å². The Morgan fingerprint density at radius 1 is 1.57 bits per heavy atom. The number of hydrogen-bond donors (Lipinski definition) is 1. The van der Waals surface area contributed by atoms with Crippen LogP contribution >= 0.6 is 15.9 Å². The van der Waals surface area contributed by atoms with Crippen molar-refractivity contribution in [3.05, 3.63) is 39.9 Å². The molecule has 0 spiro atoms. The van der Waals surface area contributed by atoms with E-state index in [1.54, 1.807) is 12.1 Å². The number of nitrogens with zero attached hydrogens (tertiary/aromatic N) is 1. The largest absolute Gasteiger partial charge is 0.478 e. The van der Waals surface area contributed by atoms with Crippen LogP contribution in [0.15, 0.2) is 28.7 Å². The maximum Gasteiger partial charge on any atom is 0.336 e. The van der Waals surface area contributed by atoms with Crippen LogP contribution in [-0.4, -0.2) is 11.1 Å². The third kappa shape index (κ3) is 2.44. The van der Waals surface area contributed by atoms with Gasteiger partial charge in [0.05, 0.1) is 11.6 Å². The Hall–Kier alpha value is -1.60. The number of rotatable bonds is 2. The molecule has 1 rings (SSSR count). The molecule has 0 aliphatic heterocycles. The van der Waals surface area contributed by atoms with Crippen LogP contribution in [0.2, 0.25) is 0 Å². The molecule has 1 aromatic carbocycles. The van der Waals surface area contributed by atoms with E-state index in [-0.39, 0.29) is 5.56 Å². The summed E-state index contributed by atoms with van der Waals surface area (Å²) in [5.41, 5.74) is 0.688. The zero-order chi connectivity index (χ0) is 10.6. The van der Waals surface area contributed by atoms with Crippen LogP contribution in [0, 0.1) is 11.3 Å². The highest BCUT2D eigenvalue weighted by Gasteiger charge is 2.07. The number of carboxylic acids is 1. The van der Waals surface area contributed by atoms with E-state index in [2.05, 4.69) is 15.9 Å². The summed E-state index contributed by atoms with van der Waals surface area (Å²) in [4.78, 5) is 10.8. The average Bonchev–Trinajstić information content (AvgIpc) is 2.15. The minimum Gasteiger partial charge on any atom is -0.478 e. The second-order valence-electron chi connectivity index (χ2n) is 2.50. The Balaban J connectivity index is 3.23. The molecule has 0 amide bonds. The third-order valence-corrected chi connectivity index (χ3v) is 2.08. The quantitative estimate of drug-likeness (QED) is 0.823. The summed E-state index contributed by atoms with van der Waals surface area (Å²) in [7, 11) is 0. The number of aromatic carboxylic acids is 1. The standard InChI is InChI=1S/C10H6BrNO2/c11-8-4-3-7(2-1-5-12)9(6-8)10(13)14/h1-4,6H,(H,13,14). The molecule has 1 N–H and O–H groups in total. The Morgan fingerprint density at radius 3 is 2.86 bits per heavy atom. The van der Waals surface area contributed by atoms with Gasteiger partial charge in [0, 0.05) is 10.5 Å². The van der Waals surface area contributed by atoms with Gasteiger partial charge >= 0.3 is 5.97 Å². The van der Waals surface area contributed by atoms with E-state index < -0.39 is 5.97 Å². The fourth-order valence-corrected chi connectivity index (χ4v) is 1.35. The summed E-state index contributed by atoms with van der Waals surface area (Å²) in [6, 6.07) is 6.68. The van der Waals surface area contributed by atoms with Gasteiger partial charge in [-0.2, -0.15) is 5.26 Å². The molecule has 0 radical (unpaired) electrons. The highest BCUT2D eigenvalue weighted by atomic mass is 79.9. The molecule has 0 unspecified atom stereocenters. The number of carboxylic acid groups (broad SMARTS) is 1. The molecule has 14 heavy (non-hydrogen) atoms. The molecule has 0 aliphatic carbocycles. The van der Waals surface area contributed by atoms with Crippen molar-refractivity contribution in [2.45, 2.75) is 0 Å². The van der Waals surface area contributed by atoms with E-state index in [4.69, 9.17) is 10.4 Å². The van der Waals surface area contributed by atoms with Crippen LogP contribution in [-0.2, 0) is 0 Å². The highest BCUT2D eigenvalue weighted by Crippen LogP contribution is 2.17. The summed E-state index contributed by atoms with van der Waals surface area (Å²) in [5, 5.41) is 17.2. The highest BCUT2D eigenvalue weighted by molar-refractivity contribution is 9.10. The summed E-state index contributed by atoms with van der Waals surface area (Å²) in [5.74, 6) is -1.01. The Labute approximate surface area is 89.4 Å². The summed E-state index contributed by atoms with van der Waals surface area (Å²) >= 11 is 3.18. The first kappa shape index (κ1) is 10.5. The fourth-order valence-electron chi connectivity index (χ4n) is 0.986. The molecule has 0 saturated carbocycles. The lowest BCUT2D eigenvalue weighted by atomic mass is 10.1. The Kier molecular flexibility index (Phi) is 3.43. The normalized spacial score (nSPS) is 10.0. The fraction of sp³-hybridized carbons (Fsp3) is 0. The maximum absolute atomic E-state index is 10.8. The van der Waals surface area contributed by atoms with Crippen molar-refractivity contribution in [1.82, 2.24) is 0 Å². The first-order chi connectivity index (χ1) is 6.65. The number of hydrogen-bond acceptors (Lipinski definition) is 2. The molecular formula is C10H6BrNO2. The monoisotopic (exact) mass is 251 g/mol. The molecule has 70 valence electrons. The predicted molar refractivity (Wildman–Crippen MR) is 55.7 cm³/mol. The first-order valence-corrected chi connectivity index (χ1v) is 4.53. The van der Waals surface area contributed by atoms with Crippen LogP contribution in [0.5, 0.6) is 0 Å². The van der Waals surface area contributed by atoms with Gasteiger partial charge in [0.25, 0.3) is 0 Å². The summed E-state index contributed by atoms with van der Waals surface area (Å²) in [6.07, 6.45) is 2.71. The van der Waals surface area contributed by atoms with Crippen LogP contribution in [0.4, 0.5) is 0 Å². The van der Waals surface area contributed by atoms with Crippen LogP contribution in [0.1, 0.15) is 15.9 Å².